The van der Waals surface area contributed by atoms with Gasteiger partial charge >= 0.3 is 0 Å². The molecule has 23 heavy (non-hydrogen) atoms. The van der Waals surface area contributed by atoms with E-state index in [4.69, 9.17) is 0 Å². The molecule has 2 aromatic carbocycles. The number of fused-ring (bicyclic) bond motifs is 1. The number of hydrogen-bond donors (Lipinski definition) is 1. The molecule has 0 saturated carbocycles. The van der Waals surface area contributed by atoms with E-state index < -0.39 is 10.1 Å². The van der Waals surface area contributed by atoms with Gasteiger partial charge in [-0.2, -0.15) is 8.42 Å². The predicted octanol–water partition coefficient (Wildman–Crippen LogP) is 5.46. The van der Waals surface area contributed by atoms with Gasteiger partial charge < -0.3 is 0 Å². The van der Waals surface area contributed by atoms with Gasteiger partial charge in [-0.05, 0) is 45.9 Å². The molecule has 0 heterocycles. The Morgan fingerprint density at radius 3 is 1.39 bits per heavy atom. The Labute approximate surface area is 139 Å². The molecule has 0 aliphatic heterocycles. The van der Waals surface area contributed by atoms with E-state index in [1.807, 2.05) is 26.0 Å². The molecule has 0 atom stereocenters. The van der Waals surface area contributed by atoms with Crippen LogP contribution in [0.2, 0.25) is 0 Å². The first kappa shape index (κ1) is 18.0. The second-order valence-electron chi connectivity index (χ2n) is 7.09. The number of rotatable bonds is 4. The first-order valence-electron chi connectivity index (χ1n) is 8.12. The number of benzene rings is 2. The highest BCUT2D eigenvalue weighted by molar-refractivity contribution is 7.86. The van der Waals surface area contributed by atoms with Gasteiger partial charge in [0, 0.05) is 5.39 Å². The van der Waals surface area contributed by atoms with Crippen LogP contribution in [-0.2, 0) is 10.1 Å². The molecule has 1 N–H and O–H groups in total. The van der Waals surface area contributed by atoms with Gasteiger partial charge in [-0.3, -0.25) is 4.55 Å². The molecule has 0 aliphatic carbocycles. The lowest BCUT2D eigenvalue weighted by Gasteiger charge is -2.22. The molecular weight excluding hydrogens is 308 g/mol. The highest BCUT2D eigenvalue weighted by Gasteiger charge is 2.23. The van der Waals surface area contributed by atoms with Crippen molar-refractivity contribution in [3.8, 4) is 0 Å². The quantitative estimate of drug-likeness (QED) is 0.756. The van der Waals surface area contributed by atoms with Crippen LogP contribution in [0.3, 0.4) is 0 Å². The summed E-state index contributed by atoms with van der Waals surface area (Å²) >= 11 is 0. The Kier molecular flexibility index (Phi) is 4.88. The maximum atomic E-state index is 11.9. The van der Waals surface area contributed by atoms with Gasteiger partial charge in [-0.1, -0.05) is 59.7 Å². The molecule has 0 radical (unpaired) electrons. The summed E-state index contributed by atoms with van der Waals surface area (Å²) in [6, 6.07) is 7.48. The predicted molar refractivity (Wildman–Crippen MR) is 96.0 cm³/mol. The normalized spacial score (nSPS) is 12.8. The average Bonchev–Trinajstić information content (AvgIpc) is 2.42. The van der Waals surface area contributed by atoms with Crippen molar-refractivity contribution in [3.63, 3.8) is 0 Å². The van der Waals surface area contributed by atoms with Crippen molar-refractivity contribution in [1.82, 2.24) is 0 Å². The second-order valence-corrected chi connectivity index (χ2v) is 8.48. The summed E-state index contributed by atoms with van der Waals surface area (Å²) in [5, 5.41) is 1.66. The molecule has 0 aliphatic rings. The molecule has 0 fully saturated rings. The van der Waals surface area contributed by atoms with E-state index in [0.29, 0.717) is 5.39 Å². The molecule has 0 spiro atoms. The molecular formula is C19H26O3S. The molecule has 0 amide bonds. The van der Waals surface area contributed by atoms with E-state index in [-0.39, 0.29) is 22.6 Å². The maximum absolute atomic E-state index is 11.9. The fourth-order valence-electron chi connectivity index (χ4n) is 3.20. The summed E-state index contributed by atoms with van der Waals surface area (Å²) in [6.45, 7) is 12.5. The zero-order valence-electron chi connectivity index (χ0n) is 14.7. The largest absolute Gasteiger partial charge is 0.295 e. The summed E-state index contributed by atoms with van der Waals surface area (Å²) in [5.41, 5.74) is 3.21. The molecule has 4 heteroatoms. The average molecular weight is 334 g/mol. The maximum Gasteiger partial charge on any atom is 0.295 e. The van der Waals surface area contributed by atoms with Crippen LogP contribution in [0.25, 0.3) is 10.8 Å². The monoisotopic (exact) mass is 334 g/mol. The van der Waals surface area contributed by atoms with Gasteiger partial charge in [0.05, 0.1) is 0 Å². The second kappa shape index (κ2) is 6.25. The summed E-state index contributed by atoms with van der Waals surface area (Å²) in [7, 11) is -4.27. The van der Waals surface area contributed by atoms with Crippen LogP contribution in [0.5, 0.6) is 0 Å². The van der Waals surface area contributed by atoms with Gasteiger partial charge in [-0.15, -0.1) is 0 Å². The molecule has 2 aromatic rings. The summed E-state index contributed by atoms with van der Waals surface area (Å²) in [4.78, 5) is 0.0168. The Bertz CT molecular complexity index is 817. The van der Waals surface area contributed by atoms with E-state index in [0.717, 1.165) is 22.1 Å². The van der Waals surface area contributed by atoms with E-state index in [9.17, 15) is 13.0 Å². The van der Waals surface area contributed by atoms with Crippen molar-refractivity contribution in [3.05, 3.63) is 41.0 Å². The van der Waals surface area contributed by atoms with Gasteiger partial charge in [0.2, 0.25) is 0 Å². The smallest absolute Gasteiger partial charge is 0.282 e. The lowest BCUT2D eigenvalue weighted by atomic mass is 9.84. The van der Waals surface area contributed by atoms with Crippen LogP contribution in [-0.4, -0.2) is 13.0 Å². The van der Waals surface area contributed by atoms with Crippen LogP contribution in [0.1, 0.15) is 76.0 Å². The SMILES string of the molecule is CC(C)c1ccc(C(C)C)c2c(S(=O)(=O)O)ccc(C(C)C)c12. The minimum absolute atomic E-state index is 0.0168. The Morgan fingerprint density at radius 2 is 1.04 bits per heavy atom. The van der Waals surface area contributed by atoms with Crippen molar-refractivity contribution in [2.24, 2.45) is 0 Å². The third kappa shape index (κ3) is 3.29. The molecule has 126 valence electrons. The lowest BCUT2D eigenvalue weighted by Crippen LogP contribution is -2.06. The molecule has 0 unspecified atom stereocenters. The Morgan fingerprint density at radius 1 is 0.696 bits per heavy atom. The van der Waals surface area contributed by atoms with Gasteiger partial charge in [0.1, 0.15) is 4.90 Å². The van der Waals surface area contributed by atoms with Crippen LogP contribution in [0.15, 0.2) is 29.2 Å². The fourth-order valence-corrected chi connectivity index (χ4v) is 3.92. The minimum Gasteiger partial charge on any atom is -0.282 e. The molecule has 0 saturated heterocycles. The first-order chi connectivity index (χ1) is 10.6. The molecule has 0 aromatic heterocycles. The Hall–Kier alpha value is -1.39. The third-order valence-corrected chi connectivity index (χ3v) is 5.26. The van der Waals surface area contributed by atoms with Crippen molar-refractivity contribution < 1.29 is 13.0 Å². The Balaban J connectivity index is 3.14. The number of hydrogen-bond acceptors (Lipinski definition) is 2. The van der Waals surface area contributed by atoms with Crippen molar-refractivity contribution >= 4 is 20.9 Å². The van der Waals surface area contributed by atoms with E-state index >= 15 is 0 Å². The lowest BCUT2D eigenvalue weighted by molar-refractivity contribution is 0.484. The summed E-state index contributed by atoms with van der Waals surface area (Å²) in [5.74, 6) is 0.711. The molecule has 0 bridgehead atoms. The van der Waals surface area contributed by atoms with Gasteiger partial charge in [0.15, 0.2) is 0 Å². The van der Waals surface area contributed by atoms with Crippen LogP contribution < -0.4 is 0 Å². The van der Waals surface area contributed by atoms with Gasteiger partial charge in [-0.25, -0.2) is 0 Å². The molecule has 2 rings (SSSR count). The van der Waals surface area contributed by atoms with E-state index in [1.165, 1.54) is 0 Å². The van der Waals surface area contributed by atoms with Crippen molar-refractivity contribution in [2.75, 3.05) is 0 Å². The summed E-state index contributed by atoms with van der Waals surface area (Å²) in [6.07, 6.45) is 0. The third-order valence-electron chi connectivity index (χ3n) is 4.36. The molecule has 3 nitrogen and oxygen atoms in total. The minimum atomic E-state index is -4.27. The highest BCUT2D eigenvalue weighted by atomic mass is 32.2. The van der Waals surface area contributed by atoms with Crippen LogP contribution >= 0.6 is 0 Å². The zero-order chi connectivity index (χ0) is 17.5. The topological polar surface area (TPSA) is 54.4 Å². The van der Waals surface area contributed by atoms with Crippen LogP contribution in [0, 0.1) is 0 Å². The van der Waals surface area contributed by atoms with Gasteiger partial charge in [0.25, 0.3) is 10.1 Å². The van der Waals surface area contributed by atoms with Crippen molar-refractivity contribution in [1.29, 1.82) is 0 Å². The summed E-state index contributed by atoms with van der Waals surface area (Å²) < 4.78 is 33.6. The van der Waals surface area contributed by atoms with E-state index in [1.54, 1.807) is 6.07 Å². The van der Waals surface area contributed by atoms with Crippen LogP contribution in [0.4, 0.5) is 0 Å². The standard InChI is InChI=1S/C19H26O3S/c1-11(2)14-7-8-16(13(5)6)19-17(23(20,21)22)10-9-15(12(3)4)18(14)19/h7-13H,1-6H3,(H,20,21,22). The highest BCUT2D eigenvalue weighted by Crippen LogP contribution is 2.39. The fraction of sp³-hybridized carbons (Fsp3) is 0.474. The van der Waals surface area contributed by atoms with Crippen molar-refractivity contribution in [2.45, 2.75) is 64.2 Å². The van der Waals surface area contributed by atoms with E-state index in [2.05, 4.69) is 33.8 Å². The first-order valence-corrected chi connectivity index (χ1v) is 9.56. The zero-order valence-corrected chi connectivity index (χ0v) is 15.5.